The van der Waals surface area contributed by atoms with Crippen molar-refractivity contribution >= 4 is 15.9 Å². The average molecular weight is 333 g/mol. The number of likely N-dealkylation sites (N-methyl/N-ethyl adjacent to an activating group) is 1. The molecule has 0 aliphatic carbocycles. The van der Waals surface area contributed by atoms with Crippen molar-refractivity contribution in [3.05, 3.63) is 63.4 Å². The van der Waals surface area contributed by atoms with E-state index >= 15 is 0 Å². The van der Waals surface area contributed by atoms with Crippen LogP contribution in [0.3, 0.4) is 0 Å². The molecule has 0 spiro atoms. The summed E-state index contributed by atoms with van der Waals surface area (Å²) in [6.45, 7) is 7.22. The van der Waals surface area contributed by atoms with E-state index < -0.39 is 0 Å². The maximum atomic E-state index is 4.46. The molecule has 2 aromatic rings. The Morgan fingerprint density at radius 3 is 2.25 bits per heavy atom. The summed E-state index contributed by atoms with van der Waals surface area (Å²) >= 11 is 3.48. The lowest BCUT2D eigenvalue weighted by molar-refractivity contribution is 0.548. The van der Waals surface area contributed by atoms with Crippen LogP contribution in [0.15, 0.2) is 40.9 Å². The summed E-state index contributed by atoms with van der Waals surface area (Å²) in [5.74, 6) is 0. The van der Waals surface area contributed by atoms with Crippen LogP contribution in [0.4, 0.5) is 0 Å². The van der Waals surface area contributed by atoms with Gasteiger partial charge in [0.25, 0.3) is 0 Å². The number of nitrogens with zero attached hydrogens (tertiary/aromatic N) is 1. The molecule has 1 atom stereocenters. The SMILES string of the molecule is CCNC(Cc1ccc(Br)cc1)c1cc(C)nc(C)c1. The summed E-state index contributed by atoms with van der Waals surface area (Å²) < 4.78 is 1.12. The maximum absolute atomic E-state index is 4.46. The van der Waals surface area contributed by atoms with Crippen LogP contribution in [0.25, 0.3) is 0 Å². The first-order valence-electron chi connectivity index (χ1n) is 7.01. The topological polar surface area (TPSA) is 24.9 Å². The van der Waals surface area contributed by atoms with E-state index in [0.29, 0.717) is 6.04 Å². The molecule has 1 aromatic carbocycles. The molecule has 1 unspecified atom stereocenters. The predicted octanol–water partition coefficient (Wildman–Crippen LogP) is 4.35. The number of pyridine rings is 1. The van der Waals surface area contributed by atoms with Crippen molar-refractivity contribution < 1.29 is 0 Å². The van der Waals surface area contributed by atoms with Crippen molar-refractivity contribution in [2.75, 3.05) is 6.54 Å². The number of rotatable bonds is 5. The fourth-order valence-electron chi connectivity index (χ4n) is 2.48. The fraction of sp³-hybridized carbons (Fsp3) is 0.353. The molecule has 0 aliphatic heterocycles. The minimum atomic E-state index is 0.335. The van der Waals surface area contributed by atoms with Crippen LogP contribution in [0.5, 0.6) is 0 Å². The zero-order valence-electron chi connectivity index (χ0n) is 12.3. The van der Waals surface area contributed by atoms with Gasteiger partial charge in [0.2, 0.25) is 0 Å². The number of hydrogen-bond donors (Lipinski definition) is 1. The lowest BCUT2D eigenvalue weighted by Crippen LogP contribution is -2.23. The molecule has 1 N–H and O–H groups in total. The third kappa shape index (κ3) is 4.15. The van der Waals surface area contributed by atoms with E-state index in [1.54, 1.807) is 0 Å². The second-order valence-corrected chi connectivity index (χ2v) is 6.04. The Balaban J connectivity index is 2.23. The van der Waals surface area contributed by atoms with Crippen LogP contribution in [-0.2, 0) is 6.42 Å². The number of benzene rings is 1. The predicted molar refractivity (Wildman–Crippen MR) is 88.0 cm³/mol. The molecular weight excluding hydrogens is 312 g/mol. The van der Waals surface area contributed by atoms with Crippen molar-refractivity contribution in [1.82, 2.24) is 10.3 Å². The smallest absolute Gasteiger partial charge is 0.0379 e. The molecule has 1 heterocycles. The number of hydrogen-bond acceptors (Lipinski definition) is 2. The molecule has 0 aliphatic rings. The monoisotopic (exact) mass is 332 g/mol. The van der Waals surface area contributed by atoms with E-state index in [1.165, 1.54) is 11.1 Å². The van der Waals surface area contributed by atoms with Crippen molar-refractivity contribution in [3.8, 4) is 0 Å². The van der Waals surface area contributed by atoms with Crippen molar-refractivity contribution in [3.63, 3.8) is 0 Å². The van der Waals surface area contributed by atoms with Gasteiger partial charge in [-0.3, -0.25) is 4.98 Å². The van der Waals surface area contributed by atoms with Crippen LogP contribution in [0.2, 0.25) is 0 Å². The van der Waals surface area contributed by atoms with E-state index in [1.807, 2.05) is 0 Å². The van der Waals surface area contributed by atoms with Crippen molar-refractivity contribution in [2.45, 2.75) is 33.2 Å². The lowest BCUT2D eigenvalue weighted by atomic mass is 9.98. The third-order valence-corrected chi connectivity index (χ3v) is 3.84. The summed E-state index contributed by atoms with van der Waals surface area (Å²) in [7, 11) is 0. The molecule has 106 valence electrons. The van der Waals surface area contributed by atoms with Gasteiger partial charge in [0.1, 0.15) is 0 Å². The Hall–Kier alpha value is -1.19. The average Bonchev–Trinajstić information content (AvgIpc) is 2.39. The highest BCUT2D eigenvalue weighted by molar-refractivity contribution is 9.10. The van der Waals surface area contributed by atoms with Crippen molar-refractivity contribution in [1.29, 1.82) is 0 Å². The number of nitrogens with one attached hydrogen (secondary N) is 1. The maximum Gasteiger partial charge on any atom is 0.0379 e. The van der Waals surface area contributed by atoms with Gasteiger partial charge in [0.05, 0.1) is 0 Å². The van der Waals surface area contributed by atoms with Gasteiger partial charge in [0, 0.05) is 21.9 Å². The van der Waals surface area contributed by atoms with Gasteiger partial charge in [-0.15, -0.1) is 0 Å². The number of aromatic nitrogens is 1. The Kier molecular flexibility index (Phi) is 5.32. The van der Waals surface area contributed by atoms with Gasteiger partial charge in [0.15, 0.2) is 0 Å². The summed E-state index contributed by atoms with van der Waals surface area (Å²) in [5, 5.41) is 3.58. The summed E-state index contributed by atoms with van der Waals surface area (Å²) in [6, 6.07) is 13.2. The van der Waals surface area contributed by atoms with Gasteiger partial charge >= 0.3 is 0 Å². The van der Waals surface area contributed by atoms with Gasteiger partial charge in [-0.1, -0.05) is 35.0 Å². The minimum absolute atomic E-state index is 0.335. The molecule has 0 saturated carbocycles. The van der Waals surface area contributed by atoms with Crippen LogP contribution >= 0.6 is 15.9 Å². The zero-order chi connectivity index (χ0) is 14.5. The molecule has 0 fully saturated rings. The van der Waals surface area contributed by atoms with E-state index in [9.17, 15) is 0 Å². The highest BCUT2D eigenvalue weighted by atomic mass is 79.9. The quantitative estimate of drug-likeness (QED) is 0.880. The van der Waals surface area contributed by atoms with Crippen LogP contribution in [0.1, 0.15) is 35.5 Å². The largest absolute Gasteiger partial charge is 0.310 e. The minimum Gasteiger partial charge on any atom is -0.310 e. The lowest BCUT2D eigenvalue weighted by Gasteiger charge is -2.19. The molecule has 2 nitrogen and oxygen atoms in total. The molecule has 0 bridgehead atoms. The van der Waals surface area contributed by atoms with Gasteiger partial charge in [-0.2, -0.15) is 0 Å². The van der Waals surface area contributed by atoms with E-state index in [0.717, 1.165) is 28.8 Å². The molecule has 0 saturated heterocycles. The Labute approximate surface area is 129 Å². The Bertz CT molecular complexity index is 543. The first-order chi connectivity index (χ1) is 9.58. The summed E-state index contributed by atoms with van der Waals surface area (Å²) in [4.78, 5) is 4.46. The van der Waals surface area contributed by atoms with E-state index in [4.69, 9.17) is 0 Å². The van der Waals surface area contributed by atoms with E-state index in [2.05, 4.69) is 83.4 Å². The molecule has 2 rings (SSSR count). The van der Waals surface area contributed by atoms with Crippen LogP contribution < -0.4 is 5.32 Å². The van der Waals surface area contributed by atoms with Crippen LogP contribution in [-0.4, -0.2) is 11.5 Å². The molecule has 1 aromatic heterocycles. The molecule has 0 radical (unpaired) electrons. The molecule has 20 heavy (non-hydrogen) atoms. The first kappa shape index (κ1) is 15.2. The number of halogens is 1. The van der Waals surface area contributed by atoms with Gasteiger partial charge < -0.3 is 5.32 Å². The normalized spacial score (nSPS) is 12.4. The van der Waals surface area contributed by atoms with Gasteiger partial charge in [-0.05, 0) is 62.2 Å². The molecule has 0 amide bonds. The van der Waals surface area contributed by atoms with Gasteiger partial charge in [-0.25, -0.2) is 0 Å². The summed E-state index contributed by atoms with van der Waals surface area (Å²) in [6.07, 6.45) is 0.990. The molecular formula is C17H21BrN2. The van der Waals surface area contributed by atoms with Crippen molar-refractivity contribution in [2.24, 2.45) is 0 Å². The second kappa shape index (κ2) is 7.00. The number of aryl methyl sites for hydroxylation is 2. The second-order valence-electron chi connectivity index (χ2n) is 5.12. The fourth-order valence-corrected chi connectivity index (χ4v) is 2.74. The third-order valence-electron chi connectivity index (χ3n) is 3.31. The summed E-state index contributed by atoms with van der Waals surface area (Å²) in [5.41, 5.74) is 4.82. The highest BCUT2D eigenvalue weighted by Gasteiger charge is 2.12. The van der Waals surface area contributed by atoms with Crippen LogP contribution in [0, 0.1) is 13.8 Å². The zero-order valence-corrected chi connectivity index (χ0v) is 13.9. The standard InChI is InChI=1S/C17H21BrN2/c1-4-19-17(11-14-5-7-16(18)8-6-14)15-9-12(2)20-13(3)10-15/h5-10,17,19H,4,11H2,1-3H3. The Morgan fingerprint density at radius 1 is 1.10 bits per heavy atom. The Morgan fingerprint density at radius 2 is 1.70 bits per heavy atom. The van der Waals surface area contributed by atoms with E-state index in [-0.39, 0.29) is 0 Å². The first-order valence-corrected chi connectivity index (χ1v) is 7.81. The highest BCUT2D eigenvalue weighted by Crippen LogP contribution is 2.21. The molecule has 3 heteroatoms.